The number of ether oxygens (including phenoxy) is 4. The molecule has 0 aromatic carbocycles. The van der Waals surface area contributed by atoms with Crippen LogP contribution in [0.4, 0.5) is 0 Å². The molecular weight excluding hydrogens is 288 g/mol. The highest BCUT2D eigenvalue weighted by atomic mass is 32.2. The Kier molecular flexibility index (Phi) is 6.28. The first-order valence-electron chi connectivity index (χ1n) is 6.01. The molecule has 1 rings (SSSR count). The molecule has 1 heterocycles. The normalized spacial score (nSPS) is 29.4. The lowest BCUT2D eigenvalue weighted by Crippen LogP contribution is -2.56. The highest BCUT2D eigenvalue weighted by Crippen LogP contribution is 2.29. The molecule has 0 N–H and O–H groups in total. The van der Waals surface area contributed by atoms with Crippen LogP contribution in [0.5, 0.6) is 0 Å². The van der Waals surface area contributed by atoms with Gasteiger partial charge in [0, 0.05) is 20.8 Å². The summed E-state index contributed by atoms with van der Waals surface area (Å²) >= 11 is 1.32. The minimum atomic E-state index is -0.883. The lowest BCUT2D eigenvalue weighted by Gasteiger charge is -2.39. The van der Waals surface area contributed by atoms with Crippen molar-refractivity contribution in [1.82, 2.24) is 0 Å². The van der Waals surface area contributed by atoms with Crippen LogP contribution < -0.4 is 0 Å². The molecule has 0 bridgehead atoms. The third-order valence-electron chi connectivity index (χ3n) is 2.54. The van der Waals surface area contributed by atoms with Crippen molar-refractivity contribution < 1.29 is 33.3 Å². The molecular formula is C12H18O7S. The van der Waals surface area contributed by atoms with Crippen molar-refractivity contribution >= 4 is 29.7 Å². The van der Waals surface area contributed by atoms with Gasteiger partial charge in [0.15, 0.2) is 18.3 Å². The Morgan fingerprint density at radius 3 is 1.90 bits per heavy atom. The monoisotopic (exact) mass is 306 g/mol. The Balaban J connectivity index is 2.95. The lowest BCUT2D eigenvalue weighted by atomic mass is 10.1. The van der Waals surface area contributed by atoms with Gasteiger partial charge in [-0.2, -0.15) is 0 Å². The summed E-state index contributed by atoms with van der Waals surface area (Å²) in [6.45, 7) is 3.80. The largest absolute Gasteiger partial charge is 0.456 e. The lowest BCUT2D eigenvalue weighted by molar-refractivity contribution is -0.213. The van der Waals surface area contributed by atoms with E-state index in [9.17, 15) is 14.4 Å². The first-order chi connectivity index (χ1) is 9.35. The fraction of sp³-hybridized carbons (Fsp3) is 0.750. The molecule has 1 aliphatic heterocycles. The second-order valence-electron chi connectivity index (χ2n) is 4.23. The Morgan fingerprint density at radius 1 is 0.950 bits per heavy atom. The number of carbonyl (C=O) groups excluding carboxylic acids is 3. The van der Waals surface area contributed by atoms with Crippen LogP contribution in [0, 0.1) is 0 Å². The van der Waals surface area contributed by atoms with E-state index in [1.165, 1.54) is 32.5 Å². The third-order valence-corrected chi connectivity index (χ3v) is 3.41. The van der Waals surface area contributed by atoms with E-state index in [1.807, 2.05) is 0 Å². The van der Waals surface area contributed by atoms with E-state index in [0.29, 0.717) is 0 Å². The Labute approximate surface area is 121 Å². The van der Waals surface area contributed by atoms with Gasteiger partial charge in [0.05, 0.1) is 6.61 Å². The van der Waals surface area contributed by atoms with Crippen molar-refractivity contribution in [2.24, 2.45) is 0 Å². The summed E-state index contributed by atoms with van der Waals surface area (Å²) in [7, 11) is 0. The molecule has 20 heavy (non-hydrogen) atoms. The van der Waals surface area contributed by atoms with Crippen LogP contribution in [0.25, 0.3) is 0 Å². The molecule has 1 unspecified atom stereocenters. The third kappa shape index (κ3) is 4.68. The van der Waals surface area contributed by atoms with Gasteiger partial charge in [0.25, 0.3) is 0 Å². The SMILES string of the molecule is CSC1OC[C@H](OC(C)=O)[C@H](OC(C)=O)[C@H]1OC(C)=O. The van der Waals surface area contributed by atoms with Crippen molar-refractivity contribution in [1.29, 1.82) is 0 Å². The standard InChI is InChI=1S/C12H18O7S/c1-6(13)17-9-5-16-12(20-4)11(19-8(3)15)10(9)18-7(2)14/h9-12H,5H2,1-4H3/t9-,10-,11+,12?/m0/s1. The molecule has 4 atom stereocenters. The maximum atomic E-state index is 11.2. The van der Waals surface area contributed by atoms with Gasteiger partial charge in [-0.1, -0.05) is 0 Å². The minimum Gasteiger partial charge on any atom is -0.456 e. The second-order valence-corrected chi connectivity index (χ2v) is 5.17. The molecule has 0 aromatic heterocycles. The van der Waals surface area contributed by atoms with Crippen molar-refractivity contribution in [3.63, 3.8) is 0 Å². The van der Waals surface area contributed by atoms with Crippen molar-refractivity contribution in [2.75, 3.05) is 12.9 Å². The maximum Gasteiger partial charge on any atom is 0.303 e. The first-order valence-corrected chi connectivity index (χ1v) is 7.30. The number of hydrogen-bond donors (Lipinski definition) is 0. The zero-order valence-electron chi connectivity index (χ0n) is 11.8. The molecule has 1 fully saturated rings. The minimum absolute atomic E-state index is 0.0702. The number of hydrogen-bond acceptors (Lipinski definition) is 8. The van der Waals surface area contributed by atoms with Gasteiger partial charge in [0.1, 0.15) is 5.44 Å². The van der Waals surface area contributed by atoms with Crippen molar-refractivity contribution in [3.8, 4) is 0 Å². The van der Waals surface area contributed by atoms with Gasteiger partial charge >= 0.3 is 17.9 Å². The topological polar surface area (TPSA) is 88.1 Å². The fourth-order valence-corrected chi connectivity index (χ4v) is 2.60. The number of thioether (sulfide) groups is 1. The summed E-state index contributed by atoms with van der Waals surface area (Å²) in [5.74, 6) is -1.61. The van der Waals surface area contributed by atoms with Crippen LogP contribution in [0.15, 0.2) is 0 Å². The van der Waals surface area contributed by atoms with Crippen LogP contribution in [0.3, 0.4) is 0 Å². The number of carbonyl (C=O) groups is 3. The molecule has 0 radical (unpaired) electrons. The molecule has 0 spiro atoms. The highest BCUT2D eigenvalue weighted by molar-refractivity contribution is 7.99. The van der Waals surface area contributed by atoms with Crippen molar-refractivity contribution in [3.05, 3.63) is 0 Å². The molecule has 0 saturated carbocycles. The number of rotatable bonds is 4. The Morgan fingerprint density at radius 2 is 1.45 bits per heavy atom. The first kappa shape index (κ1) is 16.8. The molecule has 0 amide bonds. The smallest absolute Gasteiger partial charge is 0.303 e. The molecule has 0 aliphatic carbocycles. The molecule has 7 nitrogen and oxygen atoms in total. The summed E-state index contributed by atoms with van der Waals surface area (Å²) < 4.78 is 20.9. The summed E-state index contributed by atoms with van der Waals surface area (Å²) in [5, 5.41) is 0. The van der Waals surface area contributed by atoms with E-state index in [4.69, 9.17) is 18.9 Å². The number of esters is 3. The molecule has 0 aromatic rings. The van der Waals surface area contributed by atoms with E-state index < -0.39 is 41.7 Å². The maximum absolute atomic E-state index is 11.2. The molecule has 1 saturated heterocycles. The van der Waals surface area contributed by atoms with Crippen LogP contribution in [0.2, 0.25) is 0 Å². The van der Waals surface area contributed by atoms with Gasteiger partial charge in [-0.15, -0.1) is 11.8 Å². The molecule has 8 heteroatoms. The summed E-state index contributed by atoms with van der Waals surface area (Å²) in [5.41, 5.74) is -0.491. The van der Waals surface area contributed by atoms with Gasteiger partial charge in [-0.3, -0.25) is 14.4 Å². The molecule has 1 aliphatic rings. The van der Waals surface area contributed by atoms with Crippen LogP contribution in [-0.4, -0.2) is 54.5 Å². The van der Waals surface area contributed by atoms with Gasteiger partial charge in [-0.05, 0) is 6.26 Å². The predicted octanol–water partition coefficient (Wildman–Crippen LogP) is 0.501. The van der Waals surface area contributed by atoms with Gasteiger partial charge < -0.3 is 18.9 Å². The Bertz CT molecular complexity index is 384. The zero-order valence-corrected chi connectivity index (χ0v) is 12.6. The summed E-state index contributed by atoms with van der Waals surface area (Å²) in [6, 6.07) is 0. The second kappa shape index (κ2) is 7.49. The van der Waals surface area contributed by atoms with Crippen molar-refractivity contribution in [2.45, 2.75) is 44.5 Å². The average molecular weight is 306 g/mol. The predicted molar refractivity (Wildman–Crippen MR) is 69.9 cm³/mol. The van der Waals surface area contributed by atoms with Gasteiger partial charge in [-0.25, -0.2) is 0 Å². The molecule has 114 valence electrons. The van der Waals surface area contributed by atoms with E-state index in [-0.39, 0.29) is 6.61 Å². The zero-order chi connectivity index (χ0) is 15.3. The van der Waals surface area contributed by atoms with Crippen LogP contribution in [-0.2, 0) is 33.3 Å². The highest BCUT2D eigenvalue weighted by Gasteiger charge is 2.46. The van der Waals surface area contributed by atoms with Gasteiger partial charge in [0.2, 0.25) is 0 Å². The fourth-order valence-electron chi connectivity index (χ4n) is 1.91. The van der Waals surface area contributed by atoms with E-state index in [1.54, 1.807) is 6.26 Å². The average Bonchev–Trinajstić information content (AvgIpc) is 2.31. The van der Waals surface area contributed by atoms with E-state index in [0.717, 1.165) is 0 Å². The summed E-state index contributed by atoms with van der Waals surface area (Å²) in [6.07, 6.45) is -0.738. The van der Waals surface area contributed by atoms with Crippen LogP contribution >= 0.6 is 11.8 Å². The van der Waals surface area contributed by atoms with E-state index in [2.05, 4.69) is 0 Å². The van der Waals surface area contributed by atoms with Crippen LogP contribution in [0.1, 0.15) is 20.8 Å². The summed E-state index contributed by atoms with van der Waals surface area (Å²) in [4.78, 5) is 33.5. The quantitative estimate of drug-likeness (QED) is 0.548. The Hall–Kier alpha value is -1.28. The van der Waals surface area contributed by atoms with E-state index >= 15 is 0 Å².